The number of fused-ring (bicyclic) bond motifs is 1. The minimum atomic E-state index is 0.713. The maximum atomic E-state index is 4.30. The van der Waals surface area contributed by atoms with Gasteiger partial charge in [-0.25, -0.2) is 4.98 Å². The van der Waals surface area contributed by atoms with E-state index < -0.39 is 0 Å². The van der Waals surface area contributed by atoms with E-state index >= 15 is 0 Å². The van der Waals surface area contributed by atoms with Gasteiger partial charge in [0, 0.05) is 36.2 Å². The summed E-state index contributed by atoms with van der Waals surface area (Å²) < 4.78 is 0. The van der Waals surface area contributed by atoms with Gasteiger partial charge >= 0.3 is 0 Å². The van der Waals surface area contributed by atoms with Crippen LogP contribution in [0.15, 0.2) is 6.20 Å². The molecular weight excluding hydrogens is 218 g/mol. The van der Waals surface area contributed by atoms with Gasteiger partial charge in [0.15, 0.2) is 0 Å². The van der Waals surface area contributed by atoms with E-state index in [1.54, 1.807) is 0 Å². The van der Waals surface area contributed by atoms with Crippen molar-refractivity contribution in [3.05, 3.63) is 16.1 Å². The molecule has 0 saturated carbocycles. The molecule has 2 atom stereocenters. The van der Waals surface area contributed by atoms with Crippen molar-refractivity contribution in [2.75, 3.05) is 13.1 Å². The highest BCUT2D eigenvalue weighted by atomic mass is 32.1. The van der Waals surface area contributed by atoms with Gasteiger partial charge in [0.25, 0.3) is 0 Å². The predicted molar refractivity (Wildman–Crippen MR) is 66.7 cm³/mol. The lowest BCUT2D eigenvalue weighted by atomic mass is 10.1. The summed E-state index contributed by atoms with van der Waals surface area (Å²) in [6.45, 7) is 5.69. The molecule has 0 aliphatic carbocycles. The molecule has 2 aliphatic rings. The minimum absolute atomic E-state index is 0.713. The number of hydrogen-bond donors (Lipinski definition) is 1. The molecule has 2 unspecified atom stereocenters. The molecule has 0 spiro atoms. The van der Waals surface area contributed by atoms with Crippen molar-refractivity contribution in [2.24, 2.45) is 0 Å². The van der Waals surface area contributed by atoms with E-state index in [2.05, 4.69) is 22.1 Å². The molecule has 2 aliphatic heterocycles. The lowest BCUT2D eigenvalue weighted by Gasteiger charge is -2.20. The average molecular weight is 237 g/mol. The predicted octanol–water partition coefficient (Wildman–Crippen LogP) is 1.78. The van der Waals surface area contributed by atoms with Crippen molar-refractivity contribution >= 4 is 11.3 Å². The highest BCUT2D eigenvalue weighted by molar-refractivity contribution is 7.11. The van der Waals surface area contributed by atoms with Crippen molar-refractivity contribution in [1.29, 1.82) is 0 Å². The molecular formula is C12H19N3S. The van der Waals surface area contributed by atoms with Crippen LogP contribution in [0.25, 0.3) is 0 Å². The van der Waals surface area contributed by atoms with Crippen LogP contribution < -0.4 is 5.32 Å². The Bertz CT molecular complexity index is 363. The zero-order valence-electron chi connectivity index (χ0n) is 9.78. The third kappa shape index (κ3) is 2.01. The average Bonchev–Trinajstić information content (AvgIpc) is 2.91. The summed E-state index contributed by atoms with van der Waals surface area (Å²) in [5.41, 5.74) is 0. The maximum absolute atomic E-state index is 4.30. The molecule has 3 heterocycles. The third-order valence-corrected chi connectivity index (χ3v) is 4.73. The summed E-state index contributed by atoms with van der Waals surface area (Å²) in [4.78, 5) is 8.31. The van der Waals surface area contributed by atoms with Gasteiger partial charge in [0.1, 0.15) is 0 Å². The van der Waals surface area contributed by atoms with E-state index in [1.165, 1.54) is 42.2 Å². The van der Waals surface area contributed by atoms with E-state index in [9.17, 15) is 0 Å². The van der Waals surface area contributed by atoms with Gasteiger partial charge in [0.2, 0.25) is 0 Å². The Balaban J connectivity index is 1.55. The smallest absolute Gasteiger partial charge is 0.0897 e. The van der Waals surface area contributed by atoms with E-state index in [0.717, 1.165) is 12.6 Å². The van der Waals surface area contributed by atoms with Crippen molar-refractivity contribution < 1.29 is 0 Å². The van der Waals surface area contributed by atoms with Crippen LogP contribution in [0.1, 0.15) is 29.1 Å². The van der Waals surface area contributed by atoms with Gasteiger partial charge in [-0.1, -0.05) is 0 Å². The van der Waals surface area contributed by atoms with Crippen molar-refractivity contribution in [3.8, 4) is 0 Å². The van der Waals surface area contributed by atoms with Gasteiger partial charge in [-0.15, -0.1) is 11.3 Å². The number of hydrogen-bond acceptors (Lipinski definition) is 4. The van der Waals surface area contributed by atoms with Crippen LogP contribution in [0, 0.1) is 6.92 Å². The normalized spacial score (nSPS) is 29.8. The topological polar surface area (TPSA) is 28.2 Å². The van der Waals surface area contributed by atoms with Gasteiger partial charge in [-0.2, -0.15) is 0 Å². The zero-order valence-corrected chi connectivity index (χ0v) is 10.6. The van der Waals surface area contributed by atoms with E-state index in [1.807, 2.05) is 17.5 Å². The molecule has 0 radical (unpaired) electrons. The summed E-state index contributed by atoms with van der Waals surface area (Å²) in [5.74, 6) is 0. The SMILES string of the molecule is Cc1ncc(CNC2CCN3CCCC23)s1. The summed E-state index contributed by atoms with van der Waals surface area (Å²) in [6.07, 6.45) is 6.11. The highest BCUT2D eigenvalue weighted by Crippen LogP contribution is 2.28. The van der Waals surface area contributed by atoms with Crippen LogP contribution in [0.5, 0.6) is 0 Å². The second-order valence-electron chi connectivity index (χ2n) is 4.87. The number of nitrogens with one attached hydrogen (secondary N) is 1. The van der Waals surface area contributed by atoms with Gasteiger partial charge in [0.05, 0.1) is 5.01 Å². The summed E-state index contributed by atoms with van der Waals surface area (Å²) in [5, 5.41) is 4.88. The van der Waals surface area contributed by atoms with Crippen LogP contribution in [0.3, 0.4) is 0 Å². The Morgan fingerprint density at radius 2 is 2.44 bits per heavy atom. The number of rotatable bonds is 3. The summed E-state index contributed by atoms with van der Waals surface area (Å²) in [7, 11) is 0. The number of nitrogens with zero attached hydrogens (tertiary/aromatic N) is 2. The quantitative estimate of drug-likeness (QED) is 0.868. The Morgan fingerprint density at radius 3 is 3.25 bits per heavy atom. The van der Waals surface area contributed by atoms with Gasteiger partial charge in [-0.05, 0) is 32.7 Å². The number of aromatic nitrogens is 1. The van der Waals surface area contributed by atoms with E-state index in [4.69, 9.17) is 0 Å². The van der Waals surface area contributed by atoms with Crippen LogP contribution >= 0.6 is 11.3 Å². The highest BCUT2D eigenvalue weighted by Gasteiger charge is 2.36. The second-order valence-corrected chi connectivity index (χ2v) is 6.19. The van der Waals surface area contributed by atoms with Gasteiger partial charge < -0.3 is 5.32 Å². The van der Waals surface area contributed by atoms with Crippen LogP contribution in [-0.2, 0) is 6.54 Å². The first-order valence-corrected chi connectivity index (χ1v) is 7.03. The Morgan fingerprint density at radius 1 is 1.50 bits per heavy atom. The number of aryl methyl sites for hydroxylation is 1. The molecule has 3 nitrogen and oxygen atoms in total. The molecule has 88 valence electrons. The molecule has 1 aromatic heterocycles. The van der Waals surface area contributed by atoms with E-state index in [-0.39, 0.29) is 0 Å². The largest absolute Gasteiger partial charge is 0.307 e. The molecule has 0 amide bonds. The molecule has 3 rings (SSSR count). The first kappa shape index (κ1) is 10.7. The zero-order chi connectivity index (χ0) is 11.0. The Labute approximate surface area is 101 Å². The minimum Gasteiger partial charge on any atom is -0.307 e. The van der Waals surface area contributed by atoms with Crippen molar-refractivity contribution in [1.82, 2.24) is 15.2 Å². The summed E-state index contributed by atoms with van der Waals surface area (Å²) >= 11 is 1.81. The van der Waals surface area contributed by atoms with Crippen LogP contribution in [0.2, 0.25) is 0 Å². The standard InChI is InChI=1S/C12H19N3S/c1-9-13-7-10(16-9)8-14-11-4-6-15-5-2-3-12(11)15/h7,11-12,14H,2-6,8H2,1H3. The first-order chi connectivity index (χ1) is 7.83. The second kappa shape index (κ2) is 4.43. The fraction of sp³-hybridized carbons (Fsp3) is 0.750. The molecule has 4 heteroatoms. The molecule has 16 heavy (non-hydrogen) atoms. The molecule has 2 saturated heterocycles. The fourth-order valence-electron chi connectivity index (χ4n) is 3.04. The molecule has 0 bridgehead atoms. The number of thiazole rings is 1. The molecule has 1 N–H and O–H groups in total. The molecule has 2 fully saturated rings. The van der Waals surface area contributed by atoms with Gasteiger partial charge in [-0.3, -0.25) is 4.90 Å². The van der Waals surface area contributed by atoms with Crippen molar-refractivity contribution in [3.63, 3.8) is 0 Å². The molecule has 1 aromatic rings. The van der Waals surface area contributed by atoms with Crippen LogP contribution in [0.4, 0.5) is 0 Å². The molecule has 0 aromatic carbocycles. The fourth-order valence-corrected chi connectivity index (χ4v) is 3.79. The Kier molecular flexibility index (Phi) is 2.96. The monoisotopic (exact) mass is 237 g/mol. The van der Waals surface area contributed by atoms with Crippen LogP contribution in [-0.4, -0.2) is 35.1 Å². The lowest BCUT2D eigenvalue weighted by molar-refractivity contribution is 0.299. The Hall–Kier alpha value is -0.450. The first-order valence-electron chi connectivity index (χ1n) is 6.21. The maximum Gasteiger partial charge on any atom is 0.0897 e. The summed E-state index contributed by atoms with van der Waals surface area (Å²) in [6, 6.07) is 1.53. The van der Waals surface area contributed by atoms with E-state index in [0.29, 0.717) is 6.04 Å². The lowest BCUT2D eigenvalue weighted by Crippen LogP contribution is -2.38. The van der Waals surface area contributed by atoms with Crippen molar-refractivity contribution in [2.45, 2.75) is 44.8 Å². The third-order valence-electron chi connectivity index (χ3n) is 3.81.